The van der Waals surface area contributed by atoms with Crippen LogP contribution >= 0.6 is 0 Å². The van der Waals surface area contributed by atoms with Crippen LogP contribution in [0.2, 0.25) is 0 Å². The quantitative estimate of drug-likeness (QED) is 0.773. The minimum atomic E-state index is 0.343. The van der Waals surface area contributed by atoms with E-state index < -0.39 is 0 Å². The van der Waals surface area contributed by atoms with E-state index in [9.17, 15) is 0 Å². The number of hydrogen-bond donors (Lipinski definition) is 0. The second-order valence-corrected chi connectivity index (χ2v) is 4.19. The largest absolute Gasteiger partial charge is 0.496 e. The molecule has 0 heterocycles. The second-order valence-electron chi connectivity index (χ2n) is 4.19. The van der Waals surface area contributed by atoms with Crippen molar-refractivity contribution in [3.05, 3.63) is 46.9 Å². The molecule has 0 radical (unpaired) electrons. The maximum atomic E-state index is 8.96. The Hall–Kier alpha value is -2.54. The minimum absolute atomic E-state index is 0.343. The molecule has 0 bridgehead atoms. The van der Waals surface area contributed by atoms with Crippen LogP contribution in [0.15, 0.2) is 36.4 Å². The highest BCUT2D eigenvalue weighted by Crippen LogP contribution is 2.40. The summed E-state index contributed by atoms with van der Waals surface area (Å²) >= 11 is 0. The zero-order valence-electron chi connectivity index (χ0n) is 11.2. The fraction of sp³-hybridized carbons (Fsp3) is 0.200. The van der Waals surface area contributed by atoms with Gasteiger partial charge < -0.3 is 9.47 Å². The smallest absolute Gasteiger partial charge is 0.430 e. The van der Waals surface area contributed by atoms with Crippen LogP contribution in [0.1, 0.15) is 5.56 Å². The normalized spacial score (nSPS) is 9.79. The number of rotatable bonds is 3. The third-order valence-electron chi connectivity index (χ3n) is 2.97. The zero-order chi connectivity index (χ0) is 13.8. The van der Waals surface area contributed by atoms with Crippen LogP contribution in [0.5, 0.6) is 11.5 Å². The lowest BCUT2D eigenvalue weighted by atomic mass is 10.0. The molecule has 0 amide bonds. The Morgan fingerprint density at radius 3 is 2.11 bits per heavy atom. The van der Waals surface area contributed by atoms with Gasteiger partial charge in [0.25, 0.3) is 0 Å². The first-order valence-corrected chi connectivity index (χ1v) is 5.87. The molecular weight excluding hydrogens is 240 g/mol. The van der Waals surface area contributed by atoms with Crippen LogP contribution in [-0.2, 0) is 0 Å². The minimum Gasteiger partial charge on any atom is -0.496 e. The molecule has 96 valence electrons. The molecule has 0 atom stereocenters. The summed E-state index contributed by atoms with van der Waals surface area (Å²) in [5.74, 6) is 1.14. The van der Waals surface area contributed by atoms with Crippen molar-refractivity contribution in [2.45, 2.75) is 6.92 Å². The Morgan fingerprint density at radius 1 is 0.947 bits per heavy atom. The maximum Gasteiger partial charge on any atom is 0.430 e. The summed E-state index contributed by atoms with van der Waals surface area (Å²) in [4.78, 5) is 3.19. The summed E-state index contributed by atoms with van der Waals surface area (Å²) in [7, 11) is 3.12. The number of nitrogens with zero attached hydrogens (tertiary/aromatic N) is 2. The van der Waals surface area contributed by atoms with Gasteiger partial charge in [-0.1, -0.05) is 29.8 Å². The molecule has 4 nitrogen and oxygen atoms in total. The van der Waals surface area contributed by atoms with Crippen molar-refractivity contribution in [3.63, 3.8) is 0 Å². The van der Waals surface area contributed by atoms with Gasteiger partial charge in [-0.2, -0.15) is 0 Å². The highest BCUT2D eigenvalue weighted by atomic mass is 16.5. The van der Waals surface area contributed by atoms with Crippen LogP contribution < -0.4 is 9.47 Å². The topological polar surface area (TPSA) is 46.6 Å². The lowest BCUT2D eigenvalue weighted by molar-refractivity contribution is 0.406. The molecule has 0 fully saturated rings. The highest BCUT2D eigenvalue weighted by molar-refractivity contribution is 5.77. The second kappa shape index (κ2) is 5.40. The zero-order valence-corrected chi connectivity index (χ0v) is 11.2. The van der Waals surface area contributed by atoms with E-state index in [-0.39, 0.29) is 0 Å². The lowest BCUT2D eigenvalue weighted by Gasteiger charge is -2.09. The predicted octanol–water partition coefficient (Wildman–Crippen LogP) is 4.16. The molecule has 0 unspecified atom stereocenters. The predicted molar refractivity (Wildman–Crippen MR) is 74.5 cm³/mol. The van der Waals surface area contributed by atoms with Crippen molar-refractivity contribution in [1.29, 1.82) is 5.39 Å². The number of aryl methyl sites for hydroxylation is 1. The average Bonchev–Trinajstić information content (AvgIpc) is 2.46. The van der Waals surface area contributed by atoms with Gasteiger partial charge in [0.1, 0.15) is 5.75 Å². The van der Waals surface area contributed by atoms with Crippen LogP contribution in [0, 0.1) is 12.3 Å². The van der Waals surface area contributed by atoms with Crippen molar-refractivity contribution in [1.82, 2.24) is 0 Å². The van der Waals surface area contributed by atoms with Gasteiger partial charge in [0.2, 0.25) is 11.1 Å². The number of methoxy groups -OCH3 is 2. The highest BCUT2D eigenvalue weighted by Gasteiger charge is 2.20. The summed E-state index contributed by atoms with van der Waals surface area (Å²) in [5.41, 5.74) is 3.45. The molecule has 2 aromatic carbocycles. The van der Waals surface area contributed by atoms with E-state index in [1.807, 2.05) is 31.2 Å². The molecule has 0 N–H and O–H groups in total. The molecule has 2 rings (SSSR count). The Labute approximate surface area is 112 Å². The van der Waals surface area contributed by atoms with Crippen molar-refractivity contribution < 1.29 is 9.47 Å². The molecule has 0 aromatic heterocycles. The third-order valence-corrected chi connectivity index (χ3v) is 2.97. The van der Waals surface area contributed by atoms with Crippen LogP contribution in [-0.4, -0.2) is 14.2 Å². The SMILES string of the molecule is COc1cc(-c2ccc(C)cc2)c(OC)cc1[N+]#N. The Kier molecular flexibility index (Phi) is 3.67. The van der Waals surface area contributed by atoms with E-state index in [1.165, 1.54) is 12.7 Å². The van der Waals surface area contributed by atoms with Crippen LogP contribution in [0.25, 0.3) is 16.1 Å². The van der Waals surface area contributed by atoms with E-state index in [4.69, 9.17) is 14.9 Å². The molecule has 4 heteroatoms. The summed E-state index contributed by atoms with van der Waals surface area (Å²) in [6.45, 7) is 2.04. The molecule has 2 aromatic rings. The number of hydrogen-bond acceptors (Lipinski definition) is 3. The molecular formula is C15H15N2O2+. The molecule has 0 saturated heterocycles. The van der Waals surface area contributed by atoms with Gasteiger partial charge in [-0.05, 0) is 12.5 Å². The molecule has 19 heavy (non-hydrogen) atoms. The van der Waals surface area contributed by atoms with E-state index >= 15 is 0 Å². The summed E-state index contributed by atoms with van der Waals surface area (Å²) in [6.07, 6.45) is 0. The van der Waals surface area contributed by atoms with Crippen molar-refractivity contribution in [3.8, 4) is 22.6 Å². The van der Waals surface area contributed by atoms with Crippen molar-refractivity contribution in [2.75, 3.05) is 14.2 Å². The fourth-order valence-corrected chi connectivity index (χ4v) is 1.92. The van der Waals surface area contributed by atoms with Crippen molar-refractivity contribution in [2.24, 2.45) is 0 Å². The van der Waals surface area contributed by atoms with E-state index in [2.05, 4.69) is 4.98 Å². The Bertz CT molecular complexity index is 628. The third kappa shape index (κ3) is 2.50. The van der Waals surface area contributed by atoms with E-state index in [0.29, 0.717) is 17.2 Å². The van der Waals surface area contributed by atoms with Gasteiger partial charge in [-0.25, -0.2) is 0 Å². The van der Waals surface area contributed by atoms with E-state index in [0.717, 1.165) is 11.1 Å². The molecule has 0 saturated carbocycles. The van der Waals surface area contributed by atoms with E-state index in [1.54, 1.807) is 19.2 Å². The van der Waals surface area contributed by atoms with Gasteiger partial charge >= 0.3 is 5.69 Å². The summed E-state index contributed by atoms with van der Waals surface area (Å²) in [5, 5.41) is 8.96. The Balaban J connectivity index is 2.62. The molecule has 0 aliphatic carbocycles. The first kappa shape index (κ1) is 12.9. The molecule has 0 aliphatic heterocycles. The van der Waals surface area contributed by atoms with Crippen molar-refractivity contribution >= 4 is 5.69 Å². The van der Waals surface area contributed by atoms with Gasteiger partial charge in [-0.3, -0.25) is 0 Å². The monoisotopic (exact) mass is 255 g/mol. The summed E-state index contributed by atoms with van der Waals surface area (Å²) in [6, 6.07) is 11.6. The Morgan fingerprint density at radius 2 is 1.58 bits per heavy atom. The average molecular weight is 255 g/mol. The van der Waals surface area contributed by atoms with Gasteiger partial charge in [0.05, 0.1) is 20.3 Å². The number of ether oxygens (including phenoxy) is 2. The van der Waals surface area contributed by atoms with Crippen LogP contribution in [0.4, 0.5) is 5.69 Å². The maximum absolute atomic E-state index is 8.96. The van der Waals surface area contributed by atoms with Gasteiger partial charge in [-0.15, -0.1) is 0 Å². The standard InChI is InChI=1S/C15H15N2O2/c1-10-4-6-11(7-5-10)12-8-15(19-3)13(17-16)9-14(12)18-2/h4-9H,1-3H3/q+1. The molecule has 0 spiro atoms. The summed E-state index contributed by atoms with van der Waals surface area (Å²) < 4.78 is 10.6. The number of diazo groups is 1. The first-order chi connectivity index (χ1) is 9.19. The molecule has 0 aliphatic rings. The van der Waals surface area contributed by atoms with Crippen LogP contribution in [0.3, 0.4) is 0 Å². The van der Waals surface area contributed by atoms with Gasteiger partial charge in [0.15, 0.2) is 4.98 Å². The number of benzene rings is 2. The van der Waals surface area contributed by atoms with Gasteiger partial charge in [0, 0.05) is 11.6 Å². The first-order valence-electron chi connectivity index (χ1n) is 5.87. The fourth-order valence-electron chi connectivity index (χ4n) is 1.92. The lowest BCUT2D eigenvalue weighted by Crippen LogP contribution is -1.91.